The van der Waals surface area contributed by atoms with E-state index in [-0.39, 0.29) is 36.2 Å². The Morgan fingerprint density at radius 1 is 1.21 bits per heavy atom. The van der Waals surface area contributed by atoms with Crippen LogP contribution in [0, 0.1) is 11.3 Å². The van der Waals surface area contributed by atoms with Crippen molar-refractivity contribution in [3.63, 3.8) is 0 Å². The normalized spacial score (nSPS) is 22.8. The van der Waals surface area contributed by atoms with Gasteiger partial charge in [0.05, 0.1) is 0 Å². The molecule has 0 radical (unpaired) electrons. The SMILES string of the molecule is CC(C)CC1(C(=O)N2CC(=O)NC(=O)C2)CCCC1. The van der Waals surface area contributed by atoms with Crippen LogP contribution in [0.25, 0.3) is 0 Å². The van der Waals surface area contributed by atoms with Gasteiger partial charge in [-0.2, -0.15) is 0 Å². The Kier molecular flexibility index (Phi) is 3.92. The first-order chi connectivity index (χ1) is 8.93. The Balaban J connectivity index is 2.15. The molecule has 1 saturated heterocycles. The van der Waals surface area contributed by atoms with Crippen molar-refractivity contribution in [2.24, 2.45) is 11.3 Å². The Morgan fingerprint density at radius 2 is 1.74 bits per heavy atom. The van der Waals surface area contributed by atoms with E-state index in [9.17, 15) is 14.4 Å². The molecular formula is C14H22N2O3. The van der Waals surface area contributed by atoms with Crippen LogP contribution in [0.1, 0.15) is 46.0 Å². The summed E-state index contributed by atoms with van der Waals surface area (Å²) in [5, 5.41) is 2.24. The summed E-state index contributed by atoms with van der Waals surface area (Å²) >= 11 is 0. The summed E-state index contributed by atoms with van der Waals surface area (Å²) in [5.74, 6) is -0.303. The second-order valence-electron chi connectivity index (χ2n) is 6.22. The van der Waals surface area contributed by atoms with E-state index in [4.69, 9.17) is 0 Å². The third-order valence-electron chi connectivity index (χ3n) is 4.05. The number of rotatable bonds is 3. The maximum Gasteiger partial charge on any atom is 0.246 e. The van der Waals surface area contributed by atoms with Crippen LogP contribution in [0.4, 0.5) is 0 Å². The van der Waals surface area contributed by atoms with E-state index in [1.165, 1.54) is 4.90 Å². The molecule has 2 fully saturated rings. The van der Waals surface area contributed by atoms with Crippen molar-refractivity contribution in [2.75, 3.05) is 13.1 Å². The van der Waals surface area contributed by atoms with Crippen molar-refractivity contribution in [3.8, 4) is 0 Å². The average Bonchev–Trinajstić information content (AvgIpc) is 2.75. The predicted molar refractivity (Wildman–Crippen MR) is 70.1 cm³/mol. The first-order valence-corrected chi connectivity index (χ1v) is 7.05. The molecule has 5 nitrogen and oxygen atoms in total. The fourth-order valence-corrected chi connectivity index (χ4v) is 3.45. The van der Waals surface area contributed by atoms with Crippen LogP contribution in [-0.2, 0) is 14.4 Å². The number of piperazine rings is 1. The number of carbonyl (C=O) groups excluding carboxylic acids is 3. The smallest absolute Gasteiger partial charge is 0.246 e. The molecular weight excluding hydrogens is 244 g/mol. The molecule has 3 amide bonds. The van der Waals surface area contributed by atoms with Gasteiger partial charge in [0.25, 0.3) is 0 Å². The minimum Gasteiger partial charge on any atom is -0.324 e. The van der Waals surface area contributed by atoms with Gasteiger partial charge < -0.3 is 4.90 Å². The van der Waals surface area contributed by atoms with Crippen LogP contribution in [0.5, 0.6) is 0 Å². The highest BCUT2D eigenvalue weighted by Gasteiger charge is 2.45. The van der Waals surface area contributed by atoms with Crippen LogP contribution in [0.2, 0.25) is 0 Å². The van der Waals surface area contributed by atoms with Gasteiger partial charge in [0.1, 0.15) is 13.1 Å². The summed E-state index contributed by atoms with van der Waals surface area (Å²) < 4.78 is 0. The summed E-state index contributed by atoms with van der Waals surface area (Å²) in [6.07, 6.45) is 4.74. The summed E-state index contributed by atoms with van der Waals surface area (Å²) in [7, 11) is 0. The van der Waals surface area contributed by atoms with E-state index >= 15 is 0 Å². The second-order valence-corrected chi connectivity index (χ2v) is 6.22. The zero-order chi connectivity index (χ0) is 14.0. The summed E-state index contributed by atoms with van der Waals surface area (Å²) in [6, 6.07) is 0. The van der Waals surface area contributed by atoms with Crippen molar-refractivity contribution in [1.82, 2.24) is 10.2 Å². The van der Waals surface area contributed by atoms with Crippen LogP contribution in [0.15, 0.2) is 0 Å². The van der Waals surface area contributed by atoms with E-state index < -0.39 is 0 Å². The summed E-state index contributed by atoms with van der Waals surface area (Å²) in [4.78, 5) is 37.0. The van der Waals surface area contributed by atoms with E-state index in [0.29, 0.717) is 5.92 Å². The molecule has 1 aliphatic heterocycles. The van der Waals surface area contributed by atoms with E-state index in [2.05, 4.69) is 19.2 Å². The fraction of sp³-hybridized carbons (Fsp3) is 0.786. The molecule has 0 aromatic rings. The molecule has 2 rings (SSSR count). The lowest BCUT2D eigenvalue weighted by atomic mass is 9.77. The number of nitrogens with one attached hydrogen (secondary N) is 1. The van der Waals surface area contributed by atoms with Gasteiger partial charge >= 0.3 is 0 Å². The third kappa shape index (κ3) is 2.96. The fourth-order valence-electron chi connectivity index (χ4n) is 3.45. The number of hydrogen-bond donors (Lipinski definition) is 1. The standard InChI is InChI=1S/C14H22N2O3/c1-10(2)7-14(5-3-4-6-14)13(19)16-8-11(17)15-12(18)9-16/h10H,3-9H2,1-2H3,(H,15,17,18). The molecule has 106 valence electrons. The number of nitrogens with zero attached hydrogens (tertiary/aromatic N) is 1. The minimum atomic E-state index is -0.373. The zero-order valence-corrected chi connectivity index (χ0v) is 11.7. The van der Waals surface area contributed by atoms with Crippen LogP contribution in [0.3, 0.4) is 0 Å². The largest absolute Gasteiger partial charge is 0.324 e. The van der Waals surface area contributed by atoms with Gasteiger partial charge in [-0.05, 0) is 25.2 Å². The van der Waals surface area contributed by atoms with Gasteiger partial charge in [0.2, 0.25) is 17.7 Å². The minimum absolute atomic E-state index is 0.00176. The van der Waals surface area contributed by atoms with Crippen molar-refractivity contribution >= 4 is 17.7 Å². The van der Waals surface area contributed by atoms with Crippen molar-refractivity contribution < 1.29 is 14.4 Å². The van der Waals surface area contributed by atoms with Crippen LogP contribution in [-0.4, -0.2) is 35.7 Å². The highest BCUT2D eigenvalue weighted by Crippen LogP contribution is 2.44. The molecule has 0 bridgehead atoms. The van der Waals surface area contributed by atoms with Gasteiger partial charge in [-0.25, -0.2) is 0 Å². The molecule has 1 saturated carbocycles. The van der Waals surface area contributed by atoms with Gasteiger partial charge in [-0.3, -0.25) is 19.7 Å². The van der Waals surface area contributed by atoms with Crippen LogP contribution >= 0.6 is 0 Å². The highest BCUT2D eigenvalue weighted by atomic mass is 16.2. The lowest BCUT2D eigenvalue weighted by molar-refractivity contribution is -0.152. The van der Waals surface area contributed by atoms with E-state index in [0.717, 1.165) is 32.1 Å². The topological polar surface area (TPSA) is 66.5 Å². The Labute approximate surface area is 113 Å². The van der Waals surface area contributed by atoms with Crippen molar-refractivity contribution in [1.29, 1.82) is 0 Å². The maximum absolute atomic E-state index is 12.7. The summed E-state index contributed by atoms with van der Waals surface area (Å²) in [5.41, 5.74) is -0.341. The molecule has 0 spiro atoms. The molecule has 0 aromatic carbocycles. The number of hydrogen-bond acceptors (Lipinski definition) is 3. The Hall–Kier alpha value is -1.39. The molecule has 1 aliphatic carbocycles. The molecule has 1 N–H and O–H groups in total. The number of imide groups is 1. The van der Waals surface area contributed by atoms with Crippen LogP contribution < -0.4 is 5.32 Å². The average molecular weight is 266 g/mol. The summed E-state index contributed by atoms with van der Waals surface area (Å²) in [6.45, 7) is 4.26. The highest BCUT2D eigenvalue weighted by molar-refractivity contribution is 6.03. The first kappa shape index (κ1) is 14.0. The second kappa shape index (κ2) is 5.31. The Bertz CT molecular complexity index is 381. The third-order valence-corrected chi connectivity index (χ3v) is 4.05. The monoisotopic (exact) mass is 266 g/mol. The molecule has 2 aliphatic rings. The quantitative estimate of drug-likeness (QED) is 0.777. The maximum atomic E-state index is 12.7. The lowest BCUT2D eigenvalue weighted by Gasteiger charge is -2.36. The van der Waals surface area contributed by atoms with E-state index in [1.807, 2.05) is 0 Å². The predicted octanol–water partition coefficient (Wildman–Crippen LogP) is 1.08. The van der Waals surface area contributed by atoms with Gasteiger partial charge in [0, 0.05) is 5.41 Å². The number of amides is 3. The number of carbonyl (C=O) groups is 3. The molecule has 5 heteroatoms. The van der Waals surface area contributed by atoms with Gasteiger partial charge in [-0.1, -0.05) is 26.7 Å². The Morgan fingerprint density at radius 3 is 2.21 bits per heavy atom. The molecule has 1 heterocycles. The molecule has 0 atom stereocenters. The lowest BCUT2D eigenvalue weighted by Crippen LogP contribution is -2.56. The first-order valence-electron chi connectivity index (χ1n) is 7.05. The van der Waals surface area contributed by atoms with Gasteiger partial charge in [0.15, 0.2) is 0 Å². The molecule has 19 heavy (non-hydrogen) atoms. The molecule has 0 unspecified atom stereocenters. The zero-order valence-electron chi connectivity index (χ0n) is 11.7. The van der Waals surface area contributed by atoms with Gasteiger partial charge in [-0.15, -0.1) is 0 Å². The van der Waals surface area contributed by atoms with Crippen molar-refractivity contribution in [2.45, 2.75) is 46.0 Å². The molecule has 0 aromatic heterocycles. The van der Waals surface area contributed by atoms with E-state index in [1.54, 1.807) is 0 Å². The van der Waals surface area contributed by atoms with Crippen molar-refractivity contribution in [3.05, 3.63) is 0 Å².